The topological polar surface area (TPSA) is 65.2 Å². The number of piperidine rings is 1. The summed E-state index contributed by atoms with van der Waals surface area (Å²) < 4.78 is 23.1. The van der Waals surface area contributed by atoms with Crippen molar-refractivity contribution in [1.29, 1.82) is 0 Å². The average molecular weight is 423 g/mol. The molecular weight excluding hydrogens is 397 g/mol. The molecule has 0 unspecified atom stereocenters. The number of hydrogen-bond donors (Lipinski definition) is 0. The highest BCUT2D eigenvalue weighted by atomic mass is 19.1. The van der Waals surface area contributed by atoms with Gasteiger partial charge in [-0.25, -0.2) is 9.07 Å². The van der Waals surface area contributed by atoms with Gasteiger partial charge in [0.1, 0.15) is 11.5 Å². The van der Waals surface area contributed by atoms with E-state index in [1.807, 2.05) is 10.6 Å². The van der Waals surface area contributed by atoms with Crippen LogP contribution in [0.5, 0.6) is 0 Å². The quantitative estimate of drug-likeness (QED) is 0.609. The molecule has 0 radical (unpaired) electrons. The Hall–Kier alpha value is -2.84. The van der Waals surface area contributed by atoms with E-state index in [9.17, 15) is 9.18 Å². The largest absolute Gasteiger partial charge is 0.370 e. The van der Waals surface area contributed by atoms with Crippen LogP contribution in [0.4, 0.5) is 4.39 Å². The molecule has 31 heavy (non-hydrogen) atoms. The second kappa shape index (κ2) is 8.36. The highest BCUT2D eigenvalue weighted by molar-refractivity contribution is 5.22. The molecule has 4 heterocycles. The zero-order valence-corrected chi connectivity index (χ0v) is 17.6. The molecule has 2 aromatic heterocycles. The van der Waals surface area contributed by atoms with Gasteiger partial charge in [0, 0.05) is 42.4 Å². The maximum absolute atomic E-state index is 13.8. The minimum absolute atomic E-state index is 0.0555. The second-order valence-corrected chi connectivity index (χ2v) is 8.71. The van der Waals surface area contributed by atoms with E-state index in [0.717, 1.165) is 25.3 Å². The SMILES string of the molecule is CN1C[C@@H]2C[C@H](C1)c1ccc(COCc3cn(Cc4ccccc4F)nn3)c(=O)n1C2. The second-order valence-electron chi connectivity index (χ2n) is 8.71. The van der Waals surface area contributed by atoms with Crippen molar-refractivity contribution in [2.75, 3.05) is 20.1 Å². The molecule has 7 nitrogen and oxygen atoms in total. The summed E-state index contributed by atoms with van der Waals surface area (Å²) in [5.74, 6) is 0.707. The third-order valence-electron chi connectivity index (χ3n) is 6.25. The lowest BCUT2D eigenvalue weighted by atomic mass is 9.83. The van der Waals surface area contributed by atoms with Gasteiger partial charge in [0.2, 0.25) is 0 Å². The summed E-state index contributed by atoms with van der Waals surface area (Å²) in [5.41, 5.74) is 3.06. The number of halogens is 1. The molecule has 2 atom stereocenters. The van der Waals surface area contributed by atoms with Crippen LogP contribution in [0.3, 0.4) is 0 Å². The van der Waals surface area contributed by atoms with Crippen LogP contribution in [0, 0.1) is 11.7 Å². The van der Waals surface area contributed by atoms with E-state index in [-0.39, 0.29) is 24.6 Å². The molecule has 1 saturated heterocycles. The van der Waals surface area contributed by atoms with Gasteiger partial charge in [-0.05, 0) is 37.6 Å². The molecule has 1 fully saturated rings. The molecule has 5 rings (SSSR count). The Labute approximate surface area is 180 Å². The molecule has 162 valence electrons. The molecule has 0 spiro atoms. The first-order valence-electron chi connectivity index (χ1n) is 10.7. The fourth-order valence-corrected chi connectivity index (χ4v) is 4.89. The van der Waals surface area contributed by atoms with Crippen molar-refractivity contribution in [3.05, 3.63) is 81.3 Å². The van der Waals surface area contributed by atoms with Crippen molar-refractivity contribution in [3.8, 4) is 0 Å². The van der Waals surface area contributed by atoms with Crippen molar-refractivity contribution in [1.82, 2.24) is 24.5 Å². The zero-order valence-electron chi connectivity index (χ0n) is 17.6. The van der Waals surface area contributed by atoms with Crippen molar-refractivity contribution >= 4 is 0 Å². The third kappa shape index (κ3) is 4.18. The summed E-state index contributed by atoms with van der Waals surface area (Å²) in [6, 6.07) is 10.6. The number of likely N-dealkylation sites (N-methyl/N-ethyl adjacent to an activating group) is 1. The zero-order chi connectivity index (χ0) is 21.4. The van der Waals surface area contributed by atoms with Crippen LogP contribution >= 0.6 is 0 Å². The maximum Gasteiger partial charge on any atom is 0.256 e. The van der Waals surface area contributed by atoms with Gasteiger partial charge in [0.05, 0.1) is 26.0 Å². The first kappa shape index (κ1) is 20.1. The Morgan fingerprint density at radius 3 is 2.84 bits per heavy atom. The first-order valence-corrected chi connectivity index (χ1v) is 10.7. The van der Waals surface area contributed by atoms with Crippen LogP contribution in [0.15, 0.2) is 47.4 Å². The number of nitrogens with zero attached hydrogens (tertiary/aromatic N) is 5. The summed E-state index contributed by atoms with van der Waals surface area (Å²) in [4.78, 5) is 15.4. The summed E-state index contributed by atoms with van der Waals surface area (Å²) >= 11 is 0. The van der Waals surface area contributed by atoms with Crippen LogP contribution < -0.4 is 5.56 Å². The van der Waals surface area contributed by atoms with Crippen molar-refractivity contribution in [2.24, 2.45) is 5.92 Å². The lowest BCUT2D eigenvalue weighted by Gasteiger charge is -2.41. The fraction of sp³-hybridized carbons (Fsp3) is 0.435. The Morgan fingerprint density at radius 2 is 1.97 bits per heavy atom. The van der Waals surface area contributed by atoms with Gasteiger partial charge in [0.25, 0.3) is 5.56 Å². The smallest absolute Gasteiger partial charge is 0.256 e. The normalized spacial score (nSPS) is 20.6. The van der Waals surface area contributed by atoms with Crippen molar-refractivity contribution < 1.29 is 9.13 Å². The Bertz CT molecular complexity index is 1140. The van der Waals surface area contributed by atoms with Gasteiger partial charge in [-0.3, -0.25) is 4.79 Å². The van der Waals surface area contributed by atoms with Crippen LogP contribution in [0.1, 0.15) is 34.9 Å². The van der Waals surface area contributed by atoms with Crippen LogP contribution in [0.25, 0.3) is 0 Å². The molecule has 8 heteroatoms. The molecule has 3 aromatic rings. The molecule has 2 aliphatic heterocycles. The molecule has 0 amide bonds. The number of likely N-dealkylation sites (tertiary alicyclic amines) is 1. The standard InChI is InChI=1S/C23H26FN5O2/c1-27-9-16-8-19(11-27)22-7-6-18(23(30)29(22)10-16)14-31-15-20-13-28(26-25-20)12-17-4-2-3-5-21(17)24/h2-7,13,16,19H,8-12,14-15H2,1H3/t16-,19+/m0/s1. The van der Waals surface area contributed by atoms with Crippen LogP contribution in [0.2, 0.25) is 0 Å². The highest BCUT2D eigenvalue weighted by Crippen LogP contribution is 2.34. The van der Waals surface area contributed by atoms with Crippen molar-refractivity contribution in [2.45, 2.75) is 38.6 Å². The molecule has 2 aliphatic rings. The van der Waals surface area contributed by atoms with E-state index in [1.54, 1.807) is 29.1 Å². The van der Waals surface area contributed by atoms with Gasteiger partial charge in [0.15, 0.2) is 0 Å². The number of hydrogen-bond acceptors (Lipinski definition) is 5. The number of aromatic nitrogens is 4. The number of pyridine rings is 1. The fourth-order valence-electron chi connectivity index (χ4n) is 4.89. The molecule has 2 bridgehead atoms. The molecule has 0 N–H and O–H groups in total. The number of rotatable bonds is 6. The lowest BCUT2D eigenvalue weighted by Crippen LogP contribution is -2.46. The summed E-state index contributed by atoms with van der Waals surface area (Å²) in [7, 11) is 2.15. The van der Waals surface area contributed by atoms with E-state index in [2.05, 4.69) is 28.3 Å². The maximum atomic E-state index is 13.8. The summed E-state index contributed by atoms with van der Waals surface area (Å²) in [5, 5.41) is 8.13. The Morgan fingerprint density at radius 1 is 1.10 bits per heavy atom. The predicted octanol–water partition coefficient (Wildman–Crippen LogP) is 2.39. The van der Waals surface area contributed by atoms with E-state index in [1.165, 1.54) is 12.5 Å². The summed E-state index contributed by atoms with van der Waals surface area (Å²) in [6.07, 6.45) is 2.91. The minimum atomic E-state index is -0.264. The van der Waals surface area contributed by atoms with E-state index >= 15 is 0 Å². The van der Waals surface area contributed by atoms with Gasteiger partial charge in [-0.15, -0.1) is 5.10 Å². The van der Waals surface area contributed by atoms with E-state index < -0.39 is 0 Å². The van der Waals surface area contributed by atoms with Gasteiger partial charge in [-0.2, -0.15) is 0 Å². The monoisotopic (exact) mass is 423 g/mol. The van der Waals surface area contributed by atoms with Crippen molar-refractivity contribution in [3.63, 3.8) is 0 Å². The Kier molecular flexibility index (Phi) is 5.41. The first-order chi connectivity index (χ1) is 15.1. The number of benzene rings is 1. The average Bonchev–Trinajstić information content (AvgIpc) is 3.19. The van der Waals surface area contributed by atoms with Gasteiger partial charge in [-0.1, -0.05) is 23.4 Å². The van der Waals surface area contributed by atoms with Crippen LogP contribution in [-0.2, 0) is 31.0 Å². The number of fused-ring (bicyclic) bond motifs is 4. The molecule has 0 aliphatic carbocycles. The Balaban J connectivity index is 1.22. The third-order valence-corrected chi connectivity index (χ3v) is 6.25. The highest BCUT2D eigenvalue weighted by Gasteiger charge is 2.33. The minimum Gasteiger partial charge on any atom is -0.370 e. The molecule has 0 saturated carbocycles. The van der Waals surface area contributed by atoms with E-state index in [0.29, 0.717) is 35.2 Å². The van der Waals surface area contributed by atoms with Crippen LogP contribution in [-0.4, -0.2) is 44.6 Å². The number of ether oxygens (including phenoxy) is 1. The van der Waals surface area contributed by atoms with Gasteiger partial charge < -0.3 is 14.2 Å². The van der Waals surface area contributed by atoms with E-state index in [4.69, 9.17) is 4.74 Å². The lowest BCUT2D eigenvalue weighted by molar-refractivity contribution is 0.102. The van der Waals surface area contributed by atoms with Gasteiger partial charge >= 0.3 is 0 Å². The molecule has 1 aromatic carbocycles. The predicted molar refractivity (Wildman–Crippen MR) is 113 cm³/mol. The molecular formula is C23H26FN5O2. The summed E-state index contributed by atoms with van der Waals surface area (Å²) in [6.45, 7) is 3.62.